The molecule has 5 nitrogen and oxygen atoms in total. The van der Waals surface area contributed by atoms with Gasteiger partial charge in [-0.05, 0) is 43.2 Å². The first-order valence-corrected chi connectivity index (χ1v) is 8.81. The molecule has 0 radical (unpaired) electrons. The molecule has 1 fully saturated rings. The second kappa shape index (κ2) is 5.64. The lowest BCUT2D eigenvalue weighted by molar-refractivity contribution is 0.0688. The number of hydrogen-bond acceptors (Lipinski definition) is 3. The van der Waals surface area contributed by atoms with Gasteiger partial charge in [0, 0.05) is 16.7 Å². The van der Waals surface area contributed by atoms with E-state index in [1.54, 1.807) is 41.0 Å². The van der Waals surface area contributed by atoms with E-state index in [0.29, 0.717) is 46.6 Å². The number of benzene rings is 2. The van der Waals surface area contributed by atoms with Crippen LogP contribution >= 0.6 is 0 Å². The number of carbonyl (C=O) groups is 1. The highest BCUT2D eigenvalue weighted by molar-refractivity contribution is 6.16. The highest BCUT2D eigenvalue weighted by Crippen LogP contribution is 2.53. The van der Waals surface area contributed by atoms with Crippen LogP contribution in [0.2, 0.25) is 0 Å². The van der Waals surface area contributed by atoms with Gasteiger partial charge >= 0.3 is 5.97 Å². The number of aromatic carboxylic acids is 1. The molecule has 1 aromatic heterocycles. The van der Waals surface area contributed by atoms with Crippen molar-refractivity contribution in [3.63, 3.8) is 0 Å². The number of aliphatic imine (C=N–C) groups is 1. The van der Waals surface area contributed by atoms with Gasteiger partial charge in [0.2, 0.25) is 0 Å². The van der Waals surface area contributed by atoms with Crippen LogP contribution in [0.15, 0.2) is 53.8 Å². The van der Waals surface area contributed by atoms with Crippen molar-refractivity contribution in [2.45, 2.75) is 18.4 Å². The van der Waals surface area contributed by atoms with Crippen LogP contribution in [0.4, 0.5) is 4.39 Å². The quantitative estimate of drug-likeness (QED) is 0.701. The first-order chi connectivity index (χ1) is 13.5. The third-order valence-electron chi connectivity index (χ3n) is 5.27. The predicted octanol–water partition coefficient (Wildman–Crippen LogP) is 3.53. The zero-order valence-electron chi connectivity index (χ0n) is 14.7. The lowest BCUT2D eigenvalue weighted by Gasteiger charge is -2.13. The van der Waals surface area contributed by atoms with Gasteiger partial charge in [0.05, 0.1) is 17.1 Å². The van der Waals surface area contributed by atoms with Crippen molar-refractivity contribution in [2.24, 2.45) is 4.99 Å². The number of rotatable bonds is 2. The molecule has 5 rings (SSSR count). The van der Waals surface area contributed by atoms with Crippen LogP contribution in [0, 0.1) is 18.2 Å². The molecule has 136 valence electrons. The van der Waals surface area contributed by atoms with Gasteiger partial charge in [-0.1, -0.05) is 18.1 Å². The average molecular weight is 371 g/mol. The van der Waals surface area contributed by atoms with Crippen molar-refractivity contribution < 1.29 is 14.3 Å². The van der Waals surface area contributed by atoms with E-state index in [2.05, 4.69) is 10.9 Å². The van der Waals surface area contributed by atoms with Gasteiger partial charge in [0.1, 0.15) is 17.7 Å². The molecule has 1 spiro atoms. The molecule has 28 heavy (non-hydrogen) atoms. The highest BCUT2D eigenvalue weighted by Gasteiger charge is 2.51. The zero-order valence-corrected chi connectivity index (χ0v) is 14.7. The number of nitrogens with zero attached hydrogens (tertiary/aromatic N) is 3. The van der Waals surface area contributed by atoms with Crippen LogP contribution in [-0.4, -0.2) is 26.3 Å². The summed E-state index contributed by atoms with van der Waals surface area (Å²) in [6.45, 7) is 0. The van der Waals surface area contributed by atoms with Crippen LogP contribution in [0.5, 0.6) is 0 Å². The first kappa shape index (κ1) is 16.5. The molecule has 2 aliphatic rings. The van der Waals surface area contributed by atoms with Crippen molar-refractivity contribution >= 4 is 11.7 Å². The number of imidazole rings is 1. The SMILES string of the molecule is C#Cc1ccc2c(c1)C(c1ccccc1F)=NC1(CC1)c1c(C(=O)O)ncn1-2. The van der Waals surface area contributed by atoms with E-state index in [-0.39, 0.29) is 5.69 Å². The summed E-state index contributed by atoms with van der Waals surface area (Å²) in [6, 6.07) is 11.8. The van der Waals surface area contributed by atoms with Crippen LogP contribution < -0.4 is 0 Å². The molecule has 2 aromatic carbocycles. The average Bonchev–Trinajstić information content (AvgIpc) is 3.36. The Morgan fingerprint density at radius 1 is 1.21 bits per heavy atom. The summed E-state index contributed by atoms with van der Waals surface area (Å²) in [6.07, 6.45) is 8.42. The number of carboxylic acids is 1. The van der Waals surface area contributed by atoms with Crippen molar-refractivity contribution in [2.75, 3.05) is 0 Å². The van der Waals surface area contributed by atoms with E-state index in [1.165, 1.54) is 12.4 Å². The van der Waals surface area contributed by atoms with Crippen LogP contribution in [0.25, 0.3) is 5.69 Å². The molecule has 2 heterocycles. The normalized spacial score (nSPS) is 15.8. The Kier molecular flexibility index (Phi) is 3.31. The number of aromatic nitrogens is 2. The number of carboxylic acid groups (broad SMARTS) is 1. The first-order valence-electron chi connectivity index (χ1n) is 8.81. The summed E-state index contributed by atoms with van der Waals surface area (Å²) in [5.41, 5.74) is 2.58. The van der Waals surface area contributed by atoms with E-state index in [9.17, 15) is 14.3 Å². The Balaban J connectivity index is 1.89. The molecule has 1 saturated carbocycles. The van der Waals surface area contributed by atoms with Crippen LogP contribution in [0.1, 0.15) is 45.7 Å². The third-order valence-corrected chi connectivity index (χ3v) is 5.27. The second-order valence-electron chi connectivity index (χ2n) is 6.97. The maximum atomic E-state index is 14.7. The molecule has 0 saturated heterocycles. The highest BCUT2D eigenvalue weighted by atomic mass is 19.1. The third kappa shape index (κ3) is 2.23. The van der Waals surface area contributed by atoms with Gasteiger partial charge in [0.15, 0.2) is 5.69 Å². The van der Waals surface area contributed by atoms with Gasteiger partial charge in [0.25, 0.3) is 0 Å². The topological polar surface area (TPSA) is 67.5 Å². The van der Waals surface area contributed by atoms with E-state index in [4.69, 9.17) is 11.4 Å². The minimum Gasteiger partial charge on any atom is -0.476 e. The van der Waals surface area contributed by atoms with Crippen molar-refractivity contribution in [3.05, 3.63) is 82.7 Å². The number of fused-ring (bicyclic) bond motifs is 4. The fourth-order valence-corrected chi connectivity index (χ4v) is 3.81. The Labute approximate surface area is 160 Å². The lowest BCUT2D eigenvalue weighted by atomic mass is 9.98. The largest absolute Gasteiger partial charge is 0.476 e. The Bertz CT molecular complexity index is 1230. The van der Waals surface area contributed by atoms with Gasteiger partial charge < -0.3 is 5.11 Å². The molecular weight excluding hydrogens is 357 g/mol. The van der Waals surface area contributed by atoms with Crippen LogP contribution in [0.3, 0.4) is 0 Å². The van der Waals surface area contributed by atoms with Crippen molar-refractivity contribution in [1.82, 2.24) is 9.55 Å². The fourth-order valence-electron chi connectivity index (χ4n) is 3.81. The van der Waals surface area contributed by atoms with Gasteiger partial charge in [-0.3, -0.25) is 9.56 Å². The molecule has 0 unspecified atom stereocenters. The maximum absolute atomic E-state index is 14.7. The number of terminal acetylenes is 1. The molecule has 0 bridgehead atoms. The molecule has 0 amide bonds. The molecule has 1 aliphatic heterocycles. The number of hydrogen-bond donors (Lipinski definition) is 1. The summed E-state index contributed by atoms with van der Waals surface area (Å²) in [5.74, 6) is 1.10. The minimum atomic E-state index is -1.11. The monoisotopic (exact) mass is 371 g/mol. The van der Waals surface area contributed by atoms with E-state index < -0.39 is 17.3 Å². The summed E-state index contributed by atoms with van der Waals surface area (Å²) in [5, 5.41) is 9.63. The lowest BCUT2D eigenvalue weighted by Crippen LogP contribution is -2.15. The Morgan fingerprint density at radius 3 is 2.68 bits per heavy atom. The summed E-state index contributed by atoms with van der Waals surface area (Å²) in [4.78, 5) is 20.8. The van der Waals surface area contributed by atoms with Crippen molar-refractivity contribution in [1.29, 1.82) is 0 Å². The van der Waals surface area contributed by atoms with Crippen LogP contribution in [-0.2, 0) is 5.54 Å². The minimum absolute atomic E-state index is 0.0250. The molecule has 0 atom stereocenters. The predicted molar refractivity (Wildman–Crippen MR) is 101 cm³/mol. The summed E-state index contributed by atoms with van der Waals surface area (Å²) < 4.78 is 16.4. The maximum Gasteiger partial charge on any atom is 0.356 e. The van der Waals surface area contributed by atoms with E-state index in [1.807, 2.05) is 0 Å². The zero-order chi connectivity index (χ0) is 19.5. The van der Waals surface area contributed by atoms with E-state index in [0.717, 1.165) is 0 Å². The van der Waals surface area contributed by atoms with Crippen molar-refractivity contribution in [3.8, 4) is 18.0 Å². The molecule has 3 aromatic rings. The Hall–Kier alpha value is -3.72. The van der Waals surface area contributed by atoms with Gasteiger partial charge in [-0.2, -0.15) is 0 Å². The van der Waals surface area contributed by atoms with Gasteiger partial charge in [-0.25, -0.2) is 14.2 Å². The molecule has 6 heteroatoms. The molecule has 1 aliphatic carbocycles. The summed E-state index contributed by atoms with van der Waals surface area (Å²) >= 11 is 0. The summed E-state index contributed by atoms with van der Waals surface area (Å²) in [7, 11) is 0. The fraction of sp³-hybridized carbons (Fsp3) is 0.136. The molecule has 1 N–H and O–H groups in total. The Morgan fingerprint density at radius 2 is 2.00 bits per heavy atom. The smallest absolute Gasteiger partial charge is 0.356 e. The molecular formula is C22H14FN3O2. The van der Waals surface area contributed by atoms with E-state index >= 15 is 0 Å². The van der Waals surface area contributed by atoms with Gasteiger partial charge in [-0.15, -0.1) is 6.42 Å². The second-order valence-corrected chi connectivity index (χ2v) is 6.97. The standard InChI is InChI=1S/C22H14FN3O2/c1-2-13-7-8-17-15(11-13)18(14-5-3-4-6-16(14)23)25-22(9-10-22)20-19(21(27)28)24-12-26(17)20/h1,3-8,11-12H,9-10H2,(H,27,28). The number of halogens is 1.